The Morgan fingerprint density at radius 3 is 2.45 bits per heavy atom. The highest BCUT2D eigenvalue weighted by Gasteiger charge is 2.52. The van der Waals surface area contributed by atoms with E-state index in [1.807, 2.05) is 27.7 Å². The highest BCUT2D eigenvalue weighted by Crippen LogP contribution is 2.36. The Bertz CT molecular complexity index is 498. The first-order valence-electron chi connectivity index (χ1n) is 6.41. The van der Waals surface area contributed by atoms with Gasteiger partial charge in [-0.05, 0) is 27.7 Å². The van der Waals surface area contributed by atoms with E-state index in [2.05, 4.69) is 5.10 Å². The molecular formula is C12H19BN2O5. The predicted molar refractivity (Wildman–Crippen MR) is 71.6 cm³/mol. The average Bonchev–Trinajstić information content (AvgIpc) is 2.82. The van der Waals surface area contributed by atoms with E-state index in [-0.39, 0.29) is 6.54 Å². The van der Waals surface area contributed by atoms with Gasteiger partial charge in [-0.3, -0.25) is 4.68 Å². The lowest BCUT2D eigenvalue weighted by Crippen LogP contribution is -2.41. The SMILES string of the molecule is CC1(C)OB(c2cnn(CC(O)C(=O)O)c2)OC1(C)C. The molecule has 1 atom stereocenters. The normalized spacial score (nSPS) is 21.9. The molecule has 0 aromatic carbocycles. The maximum Gasteiger partial charge on any atom is 0.498 e. The molecule has 2 heterocycles. The minimum atomic E-state index is -1.49. The fourth-order valence-corrected chi connectivity index (χ4v) is 1.84. The van der Waals surface area contributed by atoms with Gasteiger partial charge in [-0.25, -0.2) is 4.79 Å². The van der Waals surface area contributed by atoms with Gasteiger partial charge in [0.2, 0.25) is 0 Å². The Labute approximate surface area is 117 Å². The molecule has 20 heavy (non-hydrogen) atoms. The monoisotopic (exact) mass is 282 g/mol. The molecule has 2 N–H and O–H groups in total. The van der Waals surface area contributed by atoms with E-state index < -0.39 is 30.4 Å². The van der Waals surface area contributed by atoms with Gasteiger partial charge in [0.05, 0.1) is 17.7 Å². The molecule has 0 radical (unpaired) electrons. The fraction of sp³-hybridized carbons (Fsp3) is 0.667. The van der Waals surface area contributed by atoms with Gasteiger partial charge in [-0.15, -0.1) is 0 Å². The van der Waals surface area contributed by atoms with E-state index in [9.17, 15) is 9.90 Å². The summed E-state index contributed by atoms with van der Waals surface area (Å²) in [6.07, 6.45) is 1.69. The zero-order chi connectivity index (χ0) is 15.1. The molecule has 110 valence electrons. The average molecular weight is 282 g/mol. The van der Waals surface area contributed by atoms with Crippen LogP contribution in [0.1, 0.15) is 27.7 Å². The largest absolute Gasteiger partial charge is 0.498 e. The summed E-state index contributed by atoms with van der Waals surface area (Å²) >= 11 is 0. The van der Waals surface area contributed by atoms with Gasteiger partial charge in [-0.1, -0.05) is 0 Å². The molecule has 0 aliphatic carbocycles. The van der Waals surface area contributed by atoms with Crippen molar-refractivity contribution in [1.29, 1.82) is 0 Å². The van der Waals surface area contributed by atoms with E-state index in [0.29, 0.717) is 5.46 Å². The number of aliphatic carboxylic acids is 1. The molecule has 1 aliphatic heterocycles. The number of aliphatic hydroxyl groups is 1. The molecule has 1 fully saturated rings. The lowest BCUT2D eigenvalue weighted by atomic mass is 9.82. The summed E-state index contributed by atoms with van der Waals surface area (Å²) in [7, 11) is -0.546. The molecular weight excluding hydrogens is 263 g/mol. The fourth-order valence-electron chi connectivity index (χ4n) is 1.84. The van der Waals surface area contributed by atoms with Crippen molar-refractivity contribution in [3.63, 3.8) is 0 Å². The Morgan fingerprint density at radius 2 is 1.95 bits per heavy atom. The number of hydrogen-bond donors (Lipinski definition) is 2. The van der Waals surface area contributed by atoms with E-state index in [1.165, 1.54) is 4.68 Å². The van der Waals surface area contributed by atoms with Crippen LogP contribution in [0.4, 0.5) is 0 Å². The number of aromatic nitrogens is 2. The number of carbonyl (C=O) groups is 1. The first-order chi connectivity index (χ1) is 9.12. The summed E-state index contributed by atoms with van der Waals surface area (Å²) in [6, 6.07) is 0. The zero-order valence-electron chi connectivity index (χ0n) is 12.0. The van der Waals surface area contributed by atoms with Crippen LogP contribution >= 0.6 is 0 Å². The molecule has 7 nitrogen and oxygen atoms in total. The molecule has 8 heteroatoms. The summed E-state index contributed by atoms with van der Waals surface area (Å²) in [4.78, 5) is 10.6. The van der Waals surface area contributed by atoms with E-state index in [0.717, 1.165) is 0 Å². The van der Waals surface area contributed by atoms with Crippen LogP contribution in [0, 0.1) is 0 Å². The van der Waals surface area contributed by atoms with Crippen LogP contribution in [-0.2, 0) is 20.6 Å². The summed E-state index contributed by atoms with van der Waals surface area (Å²) in [5.41, 5.74) is -0.193. The van der Waals surface area contributed by atoms with Crippen LogP contribution in [0.5, 0.6) is 0 Å². The van der Waals surface area contributed by atoms with Crippen molar-refractivity contribution in [2.75, 3.05) is 0 Å². The van der Waals surface area contributed by atoms with Gasteiger partial charge in [0, 0.05) is 17.9 Å². The second kappa shape index (κ2) is 4.87. The van der Waals surface area contributed by atoms with E-state index >= 15 is 0 Å². The van der Waals surface area contributed by atoms with E-state index in [4.69, 9.17) is 14.4 Å². The minimum Gasteiger partial charge on any atom is -0.479 e. The third kappa shape index (κ3) is 2.72. The number of aliphatic hydroxyl groups excluding tert-OH is 1. The van der Waals surface area contributed by atoms with Crippen molar-refractivity contribution in [2.45, 2.75) is 51.5 Å². The topological polar surface area (TPSA) is 93.8 Å². The second-order valence-electron chi connectivity index (χ2n) is 5.94. The summed E-state index contributed by atoms with van der Waals surface area (Å²) < 4.78 is 13.1. The number of carboxylic acid groups (broad SMARTS) is 1. The summed E-state index contributed by atoms with van der Waals surface area (Å²) in [5, 5.41) is 22.0. The second-order valence-corrected chi connectivity index (χ2v) is 5.94. The Kier molecular flexibility index (Phi) is 3.66. The number of rotatable bonds is 4. The molecule has 1 saturated heterocycles. The van der Waals surface area contributed by atoms with Crippen LogP contribution in [-0.4, -0.2) is 50.4 Å². The Hall–Kier alpha value is -1.38. The van der Waals surface area contributed by atoms with Gasteiger partial charge in [0.25, 0.3) is 0 Å². The predicted octanol–water partition coefficient (Wildman–Crippen LogP) is -0.372. The quantitative estimate of drug-likeness (QED) is 0.732. The van der Waals surface area contributed by atoms with Crippen LogP contribution in [0.3, 0.4) is 0 Å². The minimum absolute atomic E-state index is 0.116. The van der Waals surface area contributed by atoms with Gasteiger partial charge in [-0.2, -0.15) is 5.10 Å². The Balaban J connectivity index is 2.09. The van der Waals surface area contributed by atoms with Crippen LogP contribution in [0.2, 0.25) is 0 Å². The highest BCUT2D eigenvalue weighted by molar-refractivity contribution is 6.61. The van der Waals surface area contributed by atoms with E-state index in [1.54, 1.807) is 12.4 Å². The van der Waals surface area contributed by atoms with Crippen molar-refractivity contribution in [3.8, 4) is 0 Å². The third-order valence-corrected chi connectivity index (χ3v) is 3.82. The molecule has 1 aromatic rings. The van der Waals surface area contributed by atoms with Gasteiger partial charge in [0.1, 0.15) is 0 Å². The number of hydrogen-bond acceptors (Lipinski definition) is 5. The number of carboxylic acids is 1. The molecule has 0 spiro atoms. The van der Waals surface area contributed by atoms with Crippen LogP contribution in [0.15, 0.2) is 12.4 Å². The van der Waals surface area contributed by atoms with Crippen molar-refractivity contribution in [2.24, 2.45) is 0 Å². The lowest BCUT2D eigenvalue weighted by Gasteiger charge is -2.32. The zero-order valence-corrected chi connectivity index (χ0v) is 12.0. The first kappa shape index (κ1) is 15.0. The van der Waals surface area contributed by atoms with Gasteiger partial charge >= 0.3 is 13.1 Å². The molecule has 0 amide bonds. The third-order valence-electron chi connectivity index (χ3n) is 3.82. The summed E-state index contributed by atoms with van der Waals surface area (Å²) in [6.45, 7) is 7.68. The number of nitrogens with zero attached hydrogens (tertiary/aromatic N) is 2. The maximum atomic E-state index is 10.6. The van der Waals surface area contributed by atoms with Gasteiger partial charge in [0.15, 0.2) is 6.10 Å². The standard InChI is InChI=1S/C12H19BN2O5/c1-11(2)12(3,4)20-13(19-11)8-5-14-15(6-8)7-9(16)10(17)18/h5-6,9,16H,7H2,1-4H3,(H,17,18). The van der Waals surface area contributed by atoms with Gasteiger partial charge < -0.3 is 19.5 Å². The van der Waals surface area contributed by atoms with Crippen molar-refractivity contribution in [3.05, 3.63) is 12.4 Å². The van der Waals surface area contributed by atoms with Crippen molar-refractivity contribution in [1.82, 2.24) is 9.78 Å². The molecule has 2 rings (SSSR count). The maximum absolute atomic E-state index is 10.6. The molecule has 1 aromatic heterocycles. The van der Waals surface area contributed by atoms with Crippen molar-refractivity contribution < 1.29 is 24.3 Å². The molecule has 1 aliphatic rings. The first-order valence-corrected chi connectivity index (χ1v) is 6.41. The molecule has 0 bridgehead atoms. The smallest absolute Gasteiger partial charge is 0.479 e. The highest BCUT2D eigenvalue weighted by atomic mass is 16.7. The molecule has 1 unspecified atom stereocenters. The van der Waals surface area contributed by atoms with Crippen LogP contribution < -0.4 is 5.46 Å². The van der Waals surface area contributed by atoms with Crippen LogP contribution in [0.25, 0.3) is 0 Å². The molecule has 0 saturated carbocycles. The summed E-state index contributed by atoms with van der Waals surface area (Å²) in [5.74, 6) is -1.28. The van der Waals surface area contributed by atoms with Crippen molar-refractivity contribution >= 4 is 18.6 Å². The Morgan fingerprint density at radius 1 is 1.40 bits per heavy atom. The lowest BCUT2D eigenvalue weighted by molar-refractivity contribution is -0.147.